The zero-order valence-electron chi connectivity index (χ0n) is 17.1. The number of benzene rings is 2. The molecule has 6 nitrogen and oxygen atoms in total. The third-order valence-electron chi connectivity index (χ3n) is 4.86. The molecule has 0 unspecified atom stereocenters. The van der Waals surface area contributed by atoms with Crippen molar-refractivity contribution in [2.24, 2.45) is 4.99 Å². The Kier molecular flexibility index (Phi) is 9.24. The van der Waals surface area contributed by atoms with Gasteiger partial charge in [0.2, 0.25) is 0 Å². The number of hydrogen-bond donors (Lipinski definition) is 2. The van der Waals surface area contributed by atoms with Crippen LogP contribution in [0.25, 0.3) is 0 Å². The van der Waals surface area contributed by atoms with Crippen LogP contribution in [-0.2, 0) is 6.54 Å². The van der Waals surface area contributed by atoms with Gasteiger partial charge < -0.3 is 20.4 Å². The normalized spacial score (nSPS) is 14.2. The molecule has 2 aromatic rings. The Morgan fingerprint density at radius 2 is 1.76 bits per heavy atom. The summed E-state index contributed by atoms with van der Waals surface area (Å²) in [6.07, 6.45) is 0. The van der Waals surface area contributed by atoms with E-state index in [2.05, 4.69) is 57.7 Å². The van der Waals surface area contributed by atoms with Gasteiger partial charge in [-0.25, -0.2) is 4.99 Å². The molecule has 1 fully saturated rings. The Morgan fingerprint density at radius 3 is 2.41 bits per heavy atom. The maximum Gasteiger partial charge on any atom is 0.251 e. The largest absolute Gasteiger partial charge is 0.368 e. The SMILES string of the molecule is CCNC(=NCc1cccc(C(=O)NC)c1)N1CCN(c2ccccc2)CC1.I. The van der Waals surface area contributed by atoms with Gasteiger partial charge in [0.05, 0.1) is 6.54 Å². The molecule has 0 aromatic heterocycles. The van der Waals surface area contributed by atoms with Gasteiger partial charge in [0.1, 0.15) is 0 Å². The lowest BCUT2D eigenvalue weighted by atomic mass is 10.1. The molecule has 29 heavy (non-hydrogen) atoms. The zero-order chi connectivity index (χ0) is 19.8. The van der Waals surface area contributed by atoms with Crippen molar-refractivity contribution < 1.29 is 4.79 Å². The quantitative estimate of drug-likeness (QED) is 0.371. The Labute approximate surface area is 190 Å². The number of carbonyl (C=O) groups excluding carboxylic acids is 1. The number of aliphatic imine (C=N–C) groups is 1. The predicted octanol–water partition coefficient (Wildman–Crippen LogP) is 2.95. The zero-order valence-corrected chi connectivity index (χ0v) is 19.4. The number of nitrogens with one attached hydrogen (secondary N) is 2. The van der Waals surface area contributed by atoms with Crippen LogP contribution in [0, 0.1) is 0 Å². The van der Waals surface area contributed by atoms with Gasteiger partial charge >= 0.3 is 0 Å². The van der Waals surface area contributed by atoms with Crippen molar-refractivity contribution in [3.8, 4) is 0 Å². The van der Waals surface area contributed by atoms with Crippen molar-refractivity contribution in [3.05, 3.63) is 65.7 Å². The molecule has 1 aliphatic heterocycles. The molecule has 0 spiro atoms. The monoisotopic (exact) mass is 507 g/mol. The summed E-state index contributed by atoms with van der Waals surface area (Å²) in [5.74, 6) is 0.857. The van der Waals surface area contributed by atoms with Gasteiger partial charge in [-0.2, -0.15) is 0 Å². The van der Waals surface area contributed by atoms with Gasteiger partial charge in [0.15, 0.2) is 5.96 Å². The van der Waals surface area contributed by atoms with Crippen molar-refractivity contribution in [2.75, 3.05) is 44.7 Å². The highest BCUT2D eigenvalue weighted by Crippen LogP contribution is 2.16. The van der Waals surface area contributed by atoms with Gasteiger partial charge in [0.25, 0.3) is 5.91 Å². The van der Waals surface area contributed by atoms with E-state index in [4.69, 9.17) is 4.99 Å². The number of rotatable bonds is 5. The van der Waals surface area contributed by atoms with Gasteiger partial charge in [-0.15, -0.1) is 24.0 Å². The molecule has 1 saturated heterocycles. The lowest BCUT2D eigenvalue weighted by Gasteiger charge is -2.37. The number of guanidine groups is 1. The minimum Gasteiger partial charge on any atom is -0.368 e. The first-order chi connectivity index (χ1) is 13.7. The number of para-hydroxylation sites is 1. The topological polar surface area (TPSA) is 60.0 Å². The molecule has 0 radical (unpaired) electrons. The molecule has 3 rings (SSSR count). The van der Waals surface area contributed by atoms with Crippen LogP contribution in [0.2, 0.25) is 0 Å². The molecule has 7 heteroatoms. The fourth-order valence-corrected chi connectivity index (χ4v) is 3.36. The van der Waals surface area contributed by atoms with E-state index in [1.165, 1.54) is 5.69 Å². The summed E-state index contributed by atoms with van der Waals surface area (Å²) in [7, 11) is 1.64. The highest BCUT2D eigenvalue weighted by molar-refractivity contribution is 14.0. The number of carbonyl (C=O) groups is 1. The van der Waals surface area contributed by atoms with Crippen molar-refractivity contribution in [1.82, 2.24) is 15.5 Å². The summed E-state index contributed by atoms with van der Waals surface area (Å²) in [4.78, 5) is 21.4. The minimum atomic E-state index is -0.0743. The molecule has 1 heterocycles. The molecule has 1 amide bonds. The third kappa shape index (κ3) is 6.35. The second kappa shape index (κ2) is 11.6. The van der Waals surface area contributed by atoms with Crippen LogP contribution in [0.15, 0.2) is 59.6 Å². The fourth-order valence-electron chi connectivity index (χ4n) is 3.36. The Bertz CT molecular complexity index is 804. The predicted molar refractivity (Wildman–Crippen MR) is 130 cm³/mol. The van der Waals surface area contributed by atoms with E-state index in [0.29, 0.717) is 12.1 Å². The average molecular weight is 507 g/mol. The van der Waals surface area contributed by atoms with Gasteiger partial charge in [0, 0.05) is 51.0 Å². The Balaban J connectivity index is 0.00000300. The van der Waals surface area contributed by atoms with Crippen LogP contribution in [-0.4, -0.2) is 56.5 Å². The molecule has 0 bridgehead atoms. The van der Waals surface area contributed by atoms with E-state index >= 15 is 0 Å². The molecule has 2 aromatic carbocycles. The average Bonchev–Trinajstić information content (AvgIpc) is 2.77. The van der Waals surface area contributed by atoms with E-state index in [1.54, 1.807) is 7.05 Å². The number of amides is 1. The van der Waals surface area contributed by atoms with Crippen molar-refractivity contribution in [3.63, 3.8) is 0 Å². The lowest BCUT2D eigenvalue weighted by molar-refractivity contribution is 0.0963. The molecule has 1 aliphatic rings. The number of piperazine rings is 1. The van der Waals surface area contributed by atoms with Crippen LogP contribution in [0.1, 0.15) is 22.8 Å². The van der Waals surface area contributed by atoms with Crippen molar-refractivity contribution in [1.29, 1.82) is 0 Å². The first-order valence-corrected chi connectivity index (χ1v) is 9.85. The summed E-state index contributed by atoms with van der Waals surface area (Å²) in [5.41, 5.74) is 2.96. The first kappa shape index (κ1) is 23.0. The standard InChI is InChI=1S/C22H29N5O.HI/c1-3-24-22(25-17-18-8-7-9-19(16-18)21(28)23-2)27-14-12-26(13-15-27)20-10-5-4-6-11-20;/h4-11,16H,3,12-15,17H2,1-2H3,(H,23,28)(H,24,25);1H. The molecule has 0 aliphatic carbocycles. The second-order valence-corrected chi connectivity index (χ2v) is 6.76. The Morgan fingerprint density at radius 1 is 1.03 bits per heavy atom. The molecule has 0 saturated carbocycles. The smallest absolute Gasteiger partial charge is 0.251 e. The van der Waals surface area contributed by atoms with Crippen LogP contribution in [0.3, 0.4) is 0 Å². The lowest BCUT2D eigenvalue weighted by Crippen LogP contribution is -2.52. The van der Waals surface area contributed by atoms with Crippen molar-refractivity contribution >= 4 is 41.5 Å². The molecular formula is C22H30IN5O. The number of hydrogen-bond acceptors (Lipinski definition) is 3. The molecule has 0 atom stereocenters. The number of anilines is 1. The number of nitrogens with zero attached hydrogens (tertiary/aromatic N) is 3. The molecule has 2 N–H and O–H groups in total. The van der Waals surface area contributed by atoms with E-state index in [-0.39, 0.29) is 29.9 Å². The van der Waals surface area contributed by atoms with Crippen LogP contribution >= 0.6 is 24.0 Å². The molecular weight excluding hydrogens is 477 g/mol. The van der Waals surface area contributed by atoms with E-state index < -0.39 is 0 Å². The highest BCUT2D eigenvalue weighted by atomic mass is 127. The summed E-state index contributed by atoms with van der Waals surface area (Å²) in [6.45, 7) is 7.27. The summed E-state index contributed by atoms with van der Waals surface area (Å²) in [6, 6.07) is 18.2. The Hall–Kier alpha value is -2.29. The maximum absolute atomic E-state index is 11.8. The van der Waals surface area contributed by atoms with E-state index in [0.717, 1.165) is 44.2 Å². The van der Waals surface area contributed by atoms with Crippen LogP contribution < -0.4 is 15.5 Å². The summed E-state index contributed by atoms with van der Waals surface area (Å²) < 4.78 is 0. The first-order valence-electron chi connectivity index (χ1n) is 9.85. The van der Waals surface area contributed by atoms with Crippen LogP contribution in [0.5, 0.6) is 0 Å². The highest BCUT2D eigenvalue weighted by Gasteiger charge is 2.19. The van der Waals surface area contributed by atoms with Gasteiger partial charge in [-0.05, 0) is 36.8 Å². The third-order valence-corrected chi connectivity index (χ3v) is 4.86. The second-order valence-electron chi connectivity index (χ2n) is 6.76. The summed E-state index contributed by atoms with van der Waals surface area (Å²) in [5, 5.41) is 6.07. The maximum atomic E-state index is 11.8. The number of halogens is 1. The van der Waals surface area contributed by atoms with Gasteiger partial charge in [-0.1, -0.05) is 30.3 Å². The summed E-state index contributed by atoms with van der Waals surface area (Å²) >= 11 is 0. The van der Waals surface area contributed by atoms with Gasteiger partial charge in [-0.3, -0.25) is 4.79 Å². The van der Waals surface area contributed by atoms with E-state index in [9.17, 15) is 4.79 Å². The van der Waals surface area contributed by atoms with E-state index in [1.807, 2.05) is 24.3 Å². The fraction of sp³-hybridized carbons (Fsp3) is 0.364. The molecule has 156 valence electrons. The van der Waals surface area contributed by atoms with Crippen molar-refractivity contribution in [2.45, 2.75) is 13.5 Å². The minimum absolute atomic E-state index is 0. The van der Waals surface area contributed by atoms with Crippen LogP contribution in [0.4, 0.5) is 5.69 Å².